The summed E-state index contributed by atoms with van der Waals surface area (Å²) in [5, 5.41) is 7.43. The van der Waals surface area contributed by atoms with Crippen molar-refractivity contribution in [1.82, 2.24) is 20.0 Å². The number of hydrogen-bond acceptors (Lipinski definition) is 4. The molecule has 1 saturated carbocycles. The van der Waals surface area contributed by atoms with E-state index in [1.807, 2.05) is 12.3 Å². The van der Waals surface area contributed by atoms with Crippen molar-refractivity contribution in [2.24, 2.45) is 5.92 Å². The number of nitrogens with zero attached hydrogens (tertiary/aromatic N) is 3. The van der Waals surface area contributed by atoms with Crippen LogP contribution in [0.15, 0.2) is 41.5 Å². The molecule has 132 valence electrons. The van der Waals surface area contributed by atoms with E-state index in [4.69, 9.17) is 4.42 Å². The number of aromatic nitrogens is 2. The molecule has 0 atom stereocenters. The molecule has 2 amide bonds. The van der Waals surface area contributed by atoms with Crippen LogP contribution >= 0.6 is 0 Å². The zero-order valence-electron chi connectivity index (χ0n) is 14.1. The molecular weight excluding hydrogens is 320 g/mol. The first-order valence-corrected chi connectivity index (χ1v) is 8.79. The van der Waals surface area contributed by atoms with Crippen LogP contribution in [0.4, 0.5) is 0 Å². The first-order valence-electron chi connectivity index (χ1n) is 8.79. The van der Waals surface area contributed by atoms with Crippen LogP contribution in [0, 0.1) is 5.92 Å². The minimum atomic E-state index is -0.717. The molecule has 7 heteroatoms. The third kappa shape index (κ3) is 3.06. The first-order chi connectivity index (χ1) is 12.2. The van der Waals surface area contributed by atoms with E-state index < -0.39 is 5.54 Å². The summed E-state index contributed by atoms with van der Waals surface area (Å²) in [7, 11) is 0. The Balaban J connectivity index is 1.49. The Morgan fingerprint density at radius 2 is 2.12 bits per heavy atom. The maximum atomic E-state index is 13.0. The molecule has 2 aromatic heterocycles. The highest BCUT2D eigenvalue weighted by Gasteiger charge is 2.45. The SMILES string of the molecule is O=C(c1ccoc1)N1CCC(C(=O)NCC2CC2)(n2cccn2)CC1. The van der Waals surface area contributed by atoms with Crippen LogP contribution < -0.4 is 5.32 Å². The lowest BCUT2D eigenvalue weighted by Crippen LogP contribution is -2.56. The number of hydrogen-bond donors (Lipinski definition) is 1. The molecule has 7 nitrogen and oxygen atoms in total. The van der Waals surface area contributed by atoms with Crippen LogP contribution in [0.5, 0.6) is 0 Å². The second-order valence-corrected chi connectivity index (χ2v) is 6.94. The van der Waals surface area contributed by atoms with Crippen molar-refractivity contribution in [2.45, 2.75) is 31.2 Å². The summed E-state index contributed by atoms with van der Waals surface area (Å²) in [4.78, 5) is 27.2. The Bertz CT molecular complexity index is 726. The number of carbonyl (C=O) groups is 2. The van der Waals surface area contributed by atoms with Crippen molar-refractivity contribution < 1.29 is 14.0 Å². The molecule has 2 fully saturated rings. The number of carbonyl (C=O) groups excluding carboxylic acids is 2. The largest absolute Gasteiger partial charge is 0.472 e. The normalized spacial score (nSPS) is 19.6. The topological polar surface area (TPSA) is 80.4 Å². The number of piperidine rings is 1. The highest BCUT2D eigenvalue weighted by Crippen LogP contribution is 2.32. The van der Waals surface area contributed by atoms with Crippen LogP contribution in [-0.2, 0) is 10.3 Å². The molecule has 3 heterocycles. The van der Waals surface area contributed by atoms with Gasteiger partial charge in [0.05, 0.1) is 11.8 Å². The Labute approximate surface area is 146 Å². The molecule has 0 unspecified atom stereocenters. The van der Waals surface area contributed by atoms with Crippen molar-refractivity contribution in [3.63, 3.8) is 0 Å². The molecule has 1 aliphatic carbocycles. The Hall–Kier alpha value is -2.57. The molecule has 0 bridgehead atoms. The van der Waals surface area contributed by atoms with Crippen molar-refractivity contribution in [2.75, 3.05) is 19.6 Å². The third-order valence-electron chi connectivity index (χ3n) is 5.26. The van der Waals surface area contributed by atoms with Crippen LogP contribution in [0.1, 0.15) is 36.0 Å². The average Bonchev–Trinajstić information content (AvgIpc) is 3.09. The summed E-state index contributed by atoms with van der Waals surface area (Å²) >= 11 is 0. The van der Waals surface area contributed by atoms with E-state index in [9.17, 15) is 9.59 Å². The summed E-state index contributed by atoms with van der Waals surface area (Å²) in [6.07, 6.45) is 9.98. The van der Waals surface area contributed by atoms with Crippen molar-refractivity contribution in [3.8, 4) is 0 Å². The molecule has 0 radical (unpaired) electrons. The van der Waals surface area contributed by atoms with Gasteiger partial charge in [0.2, 0.25) is 5.91 Å². The maximum absolute atomic E-state index is 13.0. The molecule has 25 heavy (non-hydrogen) atoms. The van der Waals surface area contributed by atoms with Gasteiger partial charge in [0.15, 0.2) is 0 Å². The van der Waals surface area contributed by atoms with E-state index >= 15 is 0 Å². The summed E-state index contributed by atoms with van der Waals surface area (Å²) in [6, 6.07) is 3.50. The number of rotatable bonds is 5. The highest BCUT2D eigenvalue weighted by molar-refractivity contribution is 5.94. The molecule has 2 aliphatic rings. The Morgan fingerprint density at radius 3 is 2.72 bits per heavy atom. The fourth-order valence-corrected chi connectivity index (χ4v) is 3.45. The lowest BCUT2D eigenvalue weighted by molar-refractivity contribution is -0.133. The van der Waals surface area contributed by atoms with Crippen LogP contribution in [0.3, 0.4) is 0 Å². The lowest BCUT2D eigenvalue weighted by atomic mass is 9.86. The van der Waals surface area contributed by atoms with Gasteiger partial charge in [0, 0.05) is 32.0 Å². The van der Waals surface area contributed by atoms with Gasteiger partial charge in [-0.25, -0.2) is 0 Å². The van der Waals surface area contributed by atoms with Crippen molar-refractivity contribution in [3.05, 3.63) is 42.6 Å². The van der Waals surface area contributed by atoms with Gasteiger partial charge in [-0.2, -0.15) is 5.10 Å². The van der Waals surface area contributed by atoms with Gasteiger partial charge in [-0.05, 0) is 43.7 Å². The predicted molar refractivity (Wildman–Crippen MR) is 89.8 cm³/mol. The number of furan rings is 1. The lowest BCUT2D eigenvalue weighted by Gasteiger charge is -2.40. The van der Waals surface area contributed by atoms with Crippen molar-refractivity contribution in [1.29, 1.82) is 0 Å². The van der Waals surface area contributed by atoms with E-state index in [0.29, 0.717) is 37.4 Å². The molecule has 1 aliphatic heterocycles. The van der Waals surface area contributed by atoms with Gasteiger partial charge in [-0.3, -0.25) is 14.3 Å². The van der Waals surface area contributed by atoms with Crippen LogP contribution in [-0.4, -0.2) is 46.1 Å². The van der Waals surface area contributed by atoms with E-state index in [1.165, 1.54) is 25.4 Å². The molecule has 1 saturated heterocycles. The third-order valence-corrected chi connectivity index (χ3v) is 5.26. The van der Waals surface area contributed by atoms with Gasteiger partial charge >= 0.3 is 0 Å². The fraction of sp³-hybridized carbons (Fsp3) is 0.500. The molecule has 4 rings (SSSR count). The van der Waals surface area contributed by atoms with Gasteiger partial charge in [-0.15, -0.1) is 0 Å². The summed E-state index contributed by atoms with van der Waals surface area (Å²) < 4.78 is 6.76. The second kappa shape index (κ2) is 6.38. The van der Waals surface area contributed by atoms with Crippen LogP contribution in [0.25, 0.3) is 0 Å². The first kappa shape index (κ1) is 15.9. The van der Waals surface area contributed by atoms with E-state index in [2.05, 4.69) is 10.4 Å². The molecular formula is C18H22N4O3. The molecule has 1 N–H and O–H groups in total. The fourth-order valence-electron chi connectivity index (χ4n) is 3.45. The zero-order valence-corrected chi connectivity index (χ0v) is 14.1. The van der Waals surface area contributed by atoms with E-state index in [-0.39, 0.29) is 11.8 Å². The summed E-state index contributed by atoms with van der Waals surface area (Å²) in [6.45, 7) is 1.76. The standard InChI is InChI=1S/C18H22N4O3/c23-16(15-4-11-25-13-15)21-9-5-18(6-10-21,22-8-1-7-20-22)17(24)19-12-14-2-3-14/h1,4,7-8,11,13-14H,2-3,5-6,9-10,12H2,(H,19,24). The number of likely N-dealkylation sites (tertiary alicyclic amines) is 1. The van der Waals surface area contributed by atoms with Gasteiger partial charge < -0.3 is 14.6 Å². The predicted octanol–water partition coefficient (Wildman–Crippen LogP) is 1.63. The summed E-state index contributed by atoms with van der Waals surface area (Å²) in [5.74, 6) is 0.584. The Morgan fingerprint density at radius 1 is 1.32 bits per heavy atom. The number of nitrogens with one attached hydrogen (secondary N) is 1. The minimum Gasteiger partial charge on any atom is -0.472 e. The van der Waals surface area contributed by atoms with E-state index in [0.717, 1.165) is 6.54 Å². The molecule has 0 aromatic carbocycles. The monoisotopic (exact) mass is 342 g/mol. The summed E-state index contributed by atoms with van der Waals surface area (Å²) in [5.41, 5.74) is -0.171. The maximum Gasteiger partial charge on any atom is 0.257 e. The van der Waals surface area contributed by atoms with Gasteiger partial charge in [0.1, 0.15) is 11.8 Å². The smallest absolute Gasteiger partial charge is 0.257 e. The Kier molecular flexibility index (Phi) is 4.07. The van der Waals surface area contributed by atoms with Crippen molar-refractivity contribution >= 4 is 11.8 Å². The molecule has 2 aromatic rings. The van der Waals surface area contributed by atoms with E-state index in [1.54, 1.807) is 21.8 Å². The quantitative estimate of drug-likeness (QED) is 0.896. The average molecular weight is 342 g/mol. The van der Waals surface area contributed by atoms with Gasteiger partial charge in [-0.1, -0.05) is 0 Å². The minimum absolute atomic E-state index is 0.0125. The molecule has 0 spiro atoms. The second-order valence-electron chi connectivity index (χ2n) is 6.94. The van der Waals surface area contributed by atoms with Crippen LogP contribution in [0.2, 0.25) is 0 Å². The zero-order chi connectivity index (χ0) is 17.3. The number of amides is 2. The highest BCUT2D eigenvalue weighted by atomic mass is 16.3. The van der Waals surface area contributed by atoms with Gasteiger partial charge in [0.25, 0.3) is 5.91 Å².